The molecule has 0 atom stereocenters. The molecular formula is C10H13O. The zero-order valence-corrected chi connectivity index (χ0v) is 6.59. The number of hydrogen-bond donors (Lipinski definition) is 1. The van der Waals surface area contributed by atoms with Gasteiger partial charge in [-0.1, -0.05) is 25.5 Å². The van der Waals surface area contributed by atoms with Crippen LogP contribution in [0.15, 0.2) is 24.3 Å². The third-order valence-corrected chi connectivity index (χ3v) is 1.63. The molecule has 11 heavy (non-hydrogen) atoms. The van der Waals surface area contributed by atoms with Gasteiger partial charge in [0.15, 0.2) is 0 Å². The smallest absolute Gasteiger partial charge is 0.115 e. The summed E-state index contributed by atoms with van der Waals surface area (Å²) in [6, 6.07) is 7.38. The lowest BCUT2D eigenvalue weighted by Crippen LogP contribution is -1.82. The van der Waals surface area contributed by atoms with Gasteiger partial charge in [-0.15, -0.1) is 0 Å². The van der Waals surface area contributed by atoms with Crippen LogP contribution >= 0.6 is 0 Å². The van der Waals surface area contributed by atoms with Crippen LogP contribution in [0.25, 0.3) is 0 Å². The minimum Gasteiger partial charge on any atom is -0.508 e. The van der Waals surface area contributed by atoms with E-state index >= 15 is 0 Å². The summed E-state index contributed by atoms with van der Waals surface area (Å²) in [7, 11) is 0. The highest BCUT2D eigenvalue weighted by molar-refractivity contribution is 5.27. The van der Waals surface area contributed by atoms with E-state index in [-0.39, 0.29) is 0 Å². The van der Waals surface area contributed by atoms with Crippen molar-refractivity contribution in [3.8, 4) is 5.75 Å². The Labute approximate surface area is 67.7 Å². The Hall–Kier alpha value is -0.980. The van der Waals surface area contributed by atoms with E-state index in [1.807, 2.05) is 12.1 Å². The van der Waals surface area contributed by atoms with Gasteiger partial charge >= 0.3 is 0 Å². The van der Waals surface area contributed by atoms with Crippen LogP contribution in [-0.2, 0) is 6.42 Å². The maximum absolute atomic E-state index is 9.10. The van der Waals surface area contributed by atoms with Gasteiger partial charge in [0, 0.05) is 0 Å². The van der Waals surface area contributed by atoms with Crippen molar-refractivity contribution in [1.29, 1.82) is 0 Å². The molecule has 1 nitrogen and oxygen atoms in total. The van der Waals surface area contributed by atoms with Crippen LogP contribution in [0.2, 0.25) is 0 Å². The Balaban J connectivity index is 2.56. The summed E-state index contributed by atoms with van der Waals surface area (Å²) in [5, 5.41) is 9.10. The molecule has 0 aliphatic heterocycles. The van der Waals surface area contributed by atoms with E-state index in [0.717, 1.165) is 19.3 Å². The van der Waals surface area contributed by atoms with Gasteiger partial charge in [-0.25, -0.2) is 0 Å². The first-order chi connectivity index (χ1) is 5.33. The van der Waals surface area contributed by atoms with E-state index in [4.69, 9.17) is 5.11 Å². The fraction of sp³-hybridized carbons (Fsp3) is 0.300. The number of phenols is 1. The molecule has 0 bridgehead atoms. The quantitative estimate of drug-likeness (QED) is 0.700. The molecule has 0 spiro atoms. The summed E-state index contributed by atoms with van der Waals surface area (Å²) >= 11 is 0. The molecule has 1 rings (SSSR count). The van der Waals surface area contributed by atoms with E-state index < -0.39 is 0 Å². The molecule has 0 aliphatic carbocycles. The van der Waals surface area contributed by atoms with Crippen molar-refractivity contribution in [1.82, 2.24) is 0 Å². The third kappa shape index (κ3) is 2.62. The maximum atomic E-state index is 9.10. The van der Waals surface area contributed by atoms with Gasteiger partial charge in [-0.2, -0.15) is 0 Å². The molecule has 0 saturated carbocycles. The largest absolute Gasteiger partial charge is 0.508 e. The number of aromatic hydroxyl groups is 1. The number of benzene rings is 1. The fourth-order valence-corrected chi connectivity index (χ4v) is 1.04. The van der Waals surface area contributed by atoms with Crippen molar-refractivity contribution in [3.05, 3.63) is 36.8 Å². The van der Waals surface area contributed by atoms with E-state index in [1.165, 1.54) is 5.56 Å². The summed E-state index contributed by atoms with van der Waals surface area (Å²) in [4.78, 5) is 0. The standard InChI is InChI=1S/C10H13O/c1-2-3-5-9-6-4-7-10(11)8-9/h4,6-8,11H,1-3,5H2. The Morgan fingerprint density at radius 3 is 2.82 bits per heavy atom. The average Bonchev–Trinajstić information content (AvgIpc) is 2.01. The normalized spacial score (nSPS) is 9.91. The summed E-state index contributed by atoms with van der Waals surface area (Å²) in [6.45, 7) is 3.76. The second kappa shape index (κ2) is 4.02. The van der Waals surface area contributed by atoms with Gasteiger partial charge in [0.05, 0.1) is 0 Å². The van der Waals surface area contributed by atoms with Crippen molar-refractivity contribution < 1.29 is 5.11 Å². The molecule has 0 aliphatic rings. The van der Waals surface area contributed by atoms with Gasteiger partial charge < -0.3 is 5.11 Å². The van der Waals surface area contributed by atoms with Crippen molar-refractivity contribution in [3.63, 3.8) is 0 Å². The number of hydrogen-bond acceptors (Lipinski definition) is 1. The summed E-state index contributed by atoms with van der Waals surface area (Å²) in [6.07, 6.45) is 3.05. The highest BCUT2D eigenvalue weighted by Crippen LogP contribution is 2.12. The highest BCUT2D eigenvalue weighted by atomic mass is 16.3. The molecule has 0 heterocycles. The first-order valence-corrected chi connectivity index (χ1v) is 3.90. The Morgan fingerprint density at radius 2 is 2.18 bits per heavy atom. The van der Waals surface area contributed by atoms with Crippen LogP contribution in [-0.4, -0.2) is 5.11 Å². The Kier molecular flexibility index (Phi) is 2.96. The number of aryl methyl sites for hydroxylation is 1. The van der Waals surface area contributed by atoms with E-state index in [0.29, 0.717) is 5.75 Å². The summed E-state index contributed by atoms with van der Waals surface area (Å²) < 4.78 is 0. The van der Waals surface area contributed by atoms with Crippen LogP contribution in [0.4, 0.5) is 0 Å². The first-order valence-electron chi connectivity index (χ1n) is 3.90. The van der Waals surface area contributed by atoms with Gasteiger partial charge in [0.2, 0.25) is 0 Å². The van der Waals surface area contributed by atoms with Crippen LogP contribution in [0.5, 0.6) is 5.75 Å². The third-order valence-electron chi connectivity index (χ3n) is 1.63. The van der Waals surface area contributed by atoms with Crippen molar-refractivity contribution in [2.75, 3.05) is 0 Å². The van der Waals surface area contributed by atoms with Crippen LogP contribution in [0, 0.1) is 6.92 Å². The highest BCUT2D eigenvalue weighted by Gasteiger charge is 1.92. The minimum atomic E-state index is 0.353. The predicted octanol–water partition coefficient (Wildman–Crippen LogP) is 2.55. The number of unbranched alkanes of at least 4 members (excludes halogenated alkanes) is 1. The molecule has 0 aromatic heterocycles. The van der Waals surface area contributed by atoms with Gasteiger partial charge in [-0.3, -0.25) is 0 Å². The van der Waals surface area contributed by atoms with Crippen LogP contribution in [0.1, 0.15) is 18.4 Å². The first kappa shape index (κ1) is 8.12. The zero-order chi connectivity index (χ0) is 8.10. The van der Waals surface area contributed by atoms with Gasteiger partial charge in [0.1, 0.15) is 5.75 Å². The van der Waals surface area contributed by atoms with Crippen LogP contribution < -0.4 is 0 Å². The molecule has 1 aromatic carbocycles. The predicted molar refractivity (Wildman–Crippen MR) is 46.4 cm³/mol. The van der Waals surface area contributed by atoms with Crippen LogP contribution in [0.3, 0.4) is 0 Å². The SMILES string of the molecule is [CH2]CCCc1cccc(O)c1. The Bertz CT molecular complexity index is 218. The fourth-order valence-electron chi connectivity index (χ4n) is 1.04. The van der Waals surface area contributed by atoms with Crippen molar-refractivity contribution >= 4 is 0 Å². The molecule has 59 valence electrons. The monoisotopic (exact) mass is 149 g/mol. The minimum absolute atomic E-state index is 0.353. The molecule has 0 saturated heterocycles. The molecule has 1 N–H and O–H groups in total. The summed E-state index contributed by atoms with van der Waals surface area (Å²) in [5.74, 6) is 0.353. The Morgan fingerprint density at radius 1 is 1.36 bits per heavy atom. The van der Waals surface area contributed by atoms with Crippen molar-refractivity contribution in [2.24, 2.45) is 0 Å². The summed E-state index contributed by atoms with van der Waals surface area (Å²) in [5.41, 5.74) is 1.19. The lowest BCUT2D eigenvalue weighted by Gasteiger charge is -1.98. The zero-order valence-electron chi connectivity index (χ0n) is 6.59. The van der Waals surface area contributed by atoms with E-state index in [2.05, 4.69) is 6.92 Å². The number of phenolic OH excluding ortho intramolecular Hbond substituents is 1. The van der Waals surface area contributed by atoms with Gasteiger partial charge in [-0.05, 0) is 30.5 Å². The topological polar surface area (TPSA) is 20.2 Å². The lowest BCUT2D eigenvalue weighted by atomic mass is 10.1. The average molecular weight is 149 g/mol. The molecule has 0 fully saturated rings. The molecule has 0 amide bonds. The molecule has 1 radical (unpaired) electrons. The van der Waals surface area contributed by atoms with Gasteiger partial charge in [0.25, 0.3) is 0 Å². The maximum Gasteiger partial charge on any atom is 0.115 e. The second-order valence-electron chi connectivity index (χ2n) is 2.63. The van der Waals surface area contributed by atoms with Crippen molar-refractivity contribution in [2.45, 2.75) is 19.3 Å². The molecule has 1 aromatic rings. The second-order valence-corrected chi connectivity index (χ2v) is 2.63. The molecule has 1 heteroatoms. The van der Waals surface area contributed by atoms with E-state index in [9.17, 15) is 0 Å². The lowest BCUT2D eigenvalue weighted by molar-refractivity contribution is 0.474. The molecule has 0 unspecified atom stereocenters. The molecular weight excluding hydrogens is 136 g/mol. The number of rotatable bonds is 3. The van der Waals surface area contributed by atoms with E-state index in [1.54, 1.807) is 12.1 Å².